The van der Waals surface area contributed by atoms with Crippen LogP contribution in [0.25, 0.3) is 0 Å². The van der Waals surface area contributed by atoms with E-state index < -0.39 is 0 Å². The molecule has 0 aromatic heterocycles. The number of rotatable bonds is 3. The van der Waals surface area contributed by atoms with Gasteiger partial charge in [0.05, 0.1) is 0 Å². The summed E-state index contributed by atoms with van der Waals surface area (Å²) in [4.78, 5) is 0. The van der Waals surface area contributed by atoms with Gasteiger partial charge in [-0.1, -0.05) is 18.0 Å². The molecule has 0 amide bonds. The number of nitrogens with one attached hydrogen (secondary N) is 1. The number of halogens is 2. The highest BCUT2D eigenvalue weighted by atomic mass is 35.5. The minimum absolute atomic E-state index is 0.199. The van der Waals surface area contributed by atoms with E-state index in [0.29, 0.717) is 10.9 Å². The van der Waals surface area contributed by atoms with Crippen molar-refractivity contribution >= 4 is 11.6 Å². The summed E-state index contributed by atoms with van der Waals surface area (Å²) in [5.41, 5.74) is 0.925. The van der Waals surface area contributed by atoms with Crippen LogP contribution >= 0.6 is 11.6 Å². The fourth-order valence-electron chi connectivity index (χ4n) is 3.68. The SMILES string of the molecule is CNC(c1cc(F)ccc1Cl)C1C2CCCC21. The van der Waals surface area contributed by atoms with Gasteiger partial charge in [0.1, 0.15) is 5.82 Å². The maximum atomic E-state index is 13.3. The molecule has 1 nitrogen and oxygen atoms in total. The monoisotopic (exact) mass is 253 g/mol. The molecule has 0 heterocycles. The number of benzene rings is 1. The summed E-state index contributed by atoms with van der Waals surface area (Å²) in [7, 11) is 1.94. The molecule has 1 aromatic carbocycles. The van der Waals surface area contributed by atoms with E-state index in [2.05, 4.69) is 5.32 Å². The Hall–Kier alpha value is -0.600. The van der Waals surface area contributed by atoms with E-state index in [1.807, 2.05) is 7.05 Å². The van der Waals surface area contributed by atoms with Crippen LogP contribution in [0, 0.1) is 23.6 Å². The van der Waals surface area contributed by atoms with Crippen LogP contribution in [-0.4, -0.2) is 7.05 Å². The second kappa shape index (κ2) is 4.25. The van der Waals surface area contributed by atoms with Gasteiger partial charge in [-0.3, -0.25) is 0 Å². The Labute approximate surface area is 106 Å². The molecule has 3 heteroatoms. The molecule has 3 atom stereocenters. The van der Waals surface area contributed by atoms with Gasteiger partial charge in [-0.15, -0.1) is 0 Å². The molecule has 3 unspecified atom stereocenters. The molecule has 0 radical (unpaired) electrons. The van der Waals surface area contributed by atoms with Gasteiger partial charge < -0.3 is 5.32 Å². The van der Waals surface area contributed by atoms with Gasteiger partial charge in [-0.2, -0.15) is 0 Å². The highest BCUT2D eigenvalue weighted by Gasteiger charge is 2.56. The lowest BCUT2D eigenvalue weighted by Crippen LogP contribution is -2.21. The first-order valence-corrected chi connectivity index (χ1v) is 6.72. The molecule has 2 aliphatic carbocycles. The first-order valence-electron chi connectivity index (χ1n) is 6.34. The minimum Gasteiger partial charge on any atom is -0.313 e. The van der Waals surface area contributed by atoms with Crippen LogP contribution in [0.4, 0.5) is 4.39 Å². The lowest BCUT2D eigenvalue weighted by molar-refractivity contribution is 0.443. The van der Waals surface area contributed by atoms with E-state index in [0.717, 1.165) is 17.4 Å². The van der Waals surface area contributed by atoms with E-state index in [1.165, 1.54) is 25.3 Å². The normalized spacial score (nSPS) is 32.3. The zero-order valence-electron chi connectivity index (χ0n) is 9.92. The van der Waals surface area contributed by atoms with Gasteiger partial charge >= 0.3 is 0 Å². The molecule has 1 aromatic rings. The topological polar surface area (TPSA) is 12.0 Å². The number of hydrogen-bond donors (Lipinski definition) is 1. The minimum atomic E-state index is -0.199. The fourth-order valence-corrected chi connectivity index (χ4v) is 3.91. The van der Waals surface area contributed by atoms with Gasteiger partial charge in [-0.25, -0.2) is 4.39 Å². The van der Waals surface area contributed by atoms with Crippen molar-refractivity contribution < 1.29 is 4.39 Å². The van der Waals surface area contributed by atoms with Crippen molar-refractivity contribution in [3.8, 4) is 0 Å². The highest BCUT2D eigenvalue weighted by Crippen LogP contribution is 2.62. The zero-order valence-corrected chi connectivity index (χ0v) is 10.7. The van der Waals surface area contributed by atoms with Crippen LogP contribution in [0.15, 0.2) is 18.2 Å². The van der Waals surface area contributed by atoms with Crippen LogP contribution < -0.4 is 5.32 Å². The van der Waals surface area contributed by atoms with E-state index in [-0.39, 0.29) is 11.9 Å². The quantitative estimate of drug-likeness (QED) is 0.864. The van der Waals surface area contributed by atoms with Crippen molar-refractivity contribution in [3.05, 3.63) is 34.6 Å². The molecule has 2 fully saturated rings. The number of hydrogen-bond acceptors (Lipinski definition) is 1. The van der Waals surface area contributed by atoms with Crippen LogP contribution in [0.1, 0.15) is 30.9 Å². The maximum Gasteiger partial charge on any atom is 0.123 e. The molecule has 1 N–H and O–H groups in total. The maximum absolute atomic E-state index is 13.3. The van der Waals surface area contributed by atoms with Crippen molar-refractivity contribution in [3.63, 3.8) is 0 Å². The molecular formula is C14H17ClFN. The molecule has 2 saturated carbocycles. The van der Waals surface area contributed by atoms with E-state index >= 15 is 0 Å². The van der Waals surface area contributed by atoms with E-state index in [4.69, 9.17) is 11.6 Å². The summed E-state index contributed by atoms with van der Waals surface area (Å²) in [6.07, 6.45) is 4.03. The average Bonchev–Trinajstić information content (AvgIpc) is 2.79. The summed E-state index contributed by atoms with van der Waals surface area (Å²) < 4.78 is 13.3. The second-order valence-corrected chi connectivity index (χ2v) is 5.68. The van der Waals surface area contributed by atoms with Crippen molar-refractivity contribution in [2.75, 3.05) is 7.05 Å². The summed E-state index contributed by atoms with van der Waals surface area (Å²) >= 11 is 6.19. The van der Waals surface area contributed by atoms with E-state index in [1.54, 1.807) is 12.1 Å². The summed E-state index contributed by atoms with van der Waals surface area (Å²) in [6.45, 7) is 0. The third kappa shape index (κ3) is 1.88. The molecule has 0 aliphatic heterocycles. The van der Waals surface area contributed by atoms with Crippen molar-refractivity contribution in [2.24, 2.45) is 17.8 Å². The molecule has 0 bridgehead atoms. The Morgan fingerprint density at radius 2 is 2.06 bits per heavy atom. The highest BCUT2D eigenvalue weighted by molar-refractivity contribution is 6.31. The number of fused-ring (bicyclic) bond motifs is 1. The summed E-state index contributed by atoms with van der Waals surface area (Å²) in [5, 5.41) is 4.00. The Morgan fingerprint density at radius 3 is 2.71 bits per heavy atom. The van der Waals surface area contributed by atoms with Crippen LogP contribution in [0.2, 0.25) is 5.02 Å². The van der Waals surface area contributed by atoms with E-state index in [9.17, 15) is 4.39 Å². The Balaban J connectivity index is 1.88. The van der Waals surface area contributed by atoms with Gasteiger partial charge in [0, 0.05) is 11.1 Å². The molecule has 2 aliphatic rings. The summed E-state index contributed by atoms with van der Waals surface area (Å²) in [6, 6.07) is 4.88. The Kier molecular flexibility index (Phi) is 2.87. The van der Waals surface area contributed by atoms with Gasteiger partial charge in [0.25, 0.3) is 0 Å². The average molecular weight is 254 g/mol. The van der Waals surface area contributed by atoms with Crippen LogP contribution in [-0.2, 0) is 0 Å². The molecular weight excluding hydrogens is 237 g/mol. The van der Waals surface area contributed by atoms with Crippen molar-refractivity contribution in [2.45, 2.75) is 25.3 Å². The fraction of sp³-hybridized carbons (Fsp3) is 0.571. The first-order chi connectivity index (χ1) is 8.22. The smallest absolute Gasteiger partial charge is 0.123 e. The molecule has 17 heavy (non-hydrogen) atoms. The largest absolute Gasteiger partial charge is 0.313 e. The predicted molar refractivity (Wildman–Crippen MR) is 67.5 cm³/mol. The van der Waals surface area contributed by atoms with Crippen LogP contribution in [0.3, 0.4) is 0 Å². The second-order valence-electron chi connectivity index (χ2n) is 5.27. The third-order valence-electron chi connectivity index (χ3n) is 4.46. The lowest BCUT2D eigenvalue weighted by Gasteiger charge is -2.20. The standard InChI is InChI=1S/C14H17ClFN/c1-17-14(13-9-3-2-4-10(9)13)11-7-8(16)5-6-12(11)15/h5-7,9-10,13-14,17H,2-4H2,1H3. The van der Waals surface area contributed by atoms with Crippen molar-refractivity contribution in [1.29, 1.82) is 0 Å². The first kappa shape index (κ1) is 11.5. The van der Waals surface area contributed by atoms with Gasteiger partial charge in [0.15, 0.2) is 0 Å². The zero-order chi connectivity index (χ0) is 12.0. The lowest BCUT2D eigenvalue weighted by atomic mass is 9.97. The van der Waals surface area contributed by atoms with Gasteiger partial charge in [-0.05, 0) is 61.4 Å². The van der Waals surface area contributed by atoms with Crippen LogP contribution in [0.5, 0.6) is 0 Å². The summed E-state index contributed by atoms with van der Waals surface area (Å²) in [5.74, 6) is 2.14. The third-order valence-corrected chi connectivity index (χ3v) is 4.81. The molecule has 92 valence electrons. The Morgan fingerprint density at radius 1 is 1.35 bits per heavy atom. The Bertz CT molecular complexity index is 424. The van der Waals surface area contributed by atoms with Gasteiger partial charge in [0.2, 0.25) is 0 Å². The van der Waals surface area contributed by atoms with Crippen molar-refractivity contribution in [1.82, 2.24) is 5.32 Å². The molecule has 0 saturated heterocycles. The molecule has 3 rings (SSSR count). The molecule has 0 spiro atoms. The predicted octanol–water partition coefficient (Wildman–Crippen LogP) is 3.79.